The van der Waals surface area contributed by atoms with Gasteiger partial charge in [0, 0.05) is 37.9 Å². The van der Waals surface area contributed by atoms with E-state index in [1.165, 1.54) is 6.26 Å². The number of carbonyl (C=O) groups excluding carboxylic acids is 1. The van der Waals surface area contributed by atoms with E-state index in [9.17, 15) is 4.79 Å². The molecule has 2 aromatic rings. The van der Waals surface area contributed by atoms with Crippen LogP contribution in [0.25, 0.3) is 0 Å². The van der Waals surface area contributed by atoms with Crippen LogP contribution in [0.5, 0.6) is 0 Å². The van der Waals surface area contributed by atoms with Crippen LogP contribution >= 0.6 is 0 Å². The number of carbonyl (C=O) groups is 1. The fourth-order valence-electron chi connectivity index (χ4n) is 2.82. The van der Waals surface area contributed by atoms with Gasteiger partial charge in [0.2, 0.25) is 5.95 Å². The number of nitrogen functional groups attached to an aromatic ring is 1. The van der Waals surface area contributed by atoms with Gasteiger partial charge in [-0.2, -0.15) is 4.98 Å². The van der Waals surface area contributed by atoms with Gasteiger partial charge in [0.25, 0.3) is 5.91 Å². The smallest absolute Gasteiger partial charge is 0.289 e. The summed E-state index contributed by atoms with van der Waals surface area (Å²) >= 11 is 0. The Morgan fingerprint density at radius 2 is 2.22 bits per heavy atom. The number of nitrogens with zero attached hydrogens (tertiary/aromatic N) is 4. The monoisotopic (exact) mass is 315 g/mol. The number of aryl methyl sites for hydroxylation is 1. The summed E-state index contributed by atoms with van der Waals surface area (Å²) in [4.78, 5) is 24.9. The van der Waals surface area contributed by atoms with Crippen LogP contribution < -0.4 is 10.6 Å². The van der Waals surface area contributed by atoms with Crippen molar-refractivity contribution in [1.29, 1.82) is 0 Å². The highest BCUT2D eigenvalue weighted by Gasteiger charge is 2.23. The van der Waals surface area contributed by atoms with Crippen LogP contribution in [0.3, 0.4) is 0 Å². The van der Waals surface area contributed by atoms with E-state index in [1.807, 2.05) is 4.90 Å². The zero-order valence-electron chi connectivity index (χ0n) is 13.2. The average Bonchev–Trinajstić information content (AvgIpc) is 2.99. The Kier molecular flexibility index (Phi) is 4.45. The third-order valence-corrected chi connectivity index (χ3v) is 4.06. The summed E-state index contributed by atoms with van der Waals surface area (Å²) in [6.07, 6.45) is 5.03. The molecule has 0 saturated carbocycles. The lowest BCUT2D eigenvalue weighted by atomic mass is 10.2. The number of rotatable bonds is 3. The molecule has 1 aliphatic rings. The Morgan fingerprint density at radius 1 is 1.35 bits per heavy atom. The summed E-state index contributed by atoms with van der Waals surface area (Å²) in [5, 5.41) is 0. The van der Waals surface area contributed by atoms with Gasteiger partial charge in [0.1, 0.15) is 5.82 Å². The summed E-state index contributed by atoms with van der Waals surface area (Å²) in [6, 6.07) is 3.43. The van der Waals surface area contributed by atoms with E-state index in [4.69, 9.17) is 10.2 Å². The van der Waals surface area contributed by atoms with Crippen molar-refractivity contribution < 1.29 is 9.21 Å². The summed E-state index contributed by atoms with van der Waals surface area (Å²) in [5.74, 6) is 1.49. The molecule has 0 unspecified atom stereocenters. The van der Waals surface area contributed by atoms with Crippen molar-refractivity contribution in [1.82, 2.24) is 14.9 Å². The second kappa shape index (κ2) is 6.68. The Balaban J connectivity index is 1.74. The minimum atomic E-state index is -0.0604. The first-order valence-corrected chi connectivity index (χ1v) is 7.88. The van der Waals surface area contributed by atoms with E-state index >= 15 is 0 Å². The van der Waals surface area contributed by atoms with Crippen LogP contribution in [0.15, 0.2) is 29.0 Å². The standard InChI is InChI=1S/C16H21N5O2/c1-2-12-11-18-16(17)19-14(12)20-6-4-7-21(9-8-20)15(22)13-5-3-10-23-13/h3,5,10-11H,2,4,6-9H2,1H3,(H2,17,18,19). The van der Waals surface area contributed by atoms with Crippen molar-refractivity contribution in [2.75, 3.05) is 36.8 Å². The lowest BCUT2D eigenvalue weighted by molar-refractivity contribution is 0.0735. The molecule has 1 fully saturated rings. The highest BCUT2D eigenvalue weighted by atomic mass is 16.3. The third-order valence-electron chi connectivity index (χ3n) is 4.06. The normalized spacial score (nSPS) is 15.5. The van der Waals surface area contributed by atoms with Gasteiger partial charge in [-0.3, -0.25) is 4.79 Å². The highest BCUT2D eigenvalue weighted by Crippen LogP contribution is 2.21. The lowest BCUT2D eigenvalue weighted by Crippen LogP contribution is -2.35. The maximum Gasteiger partial charge on any atom is 0.289 e. The predicted molar refractivity (Wildman–Crippen MR) is 87.3 cm³/mol. The summed E-state index contributed by atoms with van der Waals surface area (Å²) in [7, 11) is 0. The van der Waals surface area contributed by atoms with E-state index in [2.05, 4.69) is 21.8 Å². The lowest BCUT2D eigenvalue weighted by Gasteiger charge is -2.24. The van der Waals surface area contributed by atoms with E-state index in [0.717, 1.165) is 37.3 Å². The van der Waals surface area contributed by atoms with Crippen molar-refractivity contribution in [2.45, 2.75) is 19.8 Å². The molecule has 3 rings (SSSR count). The Hall–Kier alpha value is -2.57. The number of hydrogen-bond donors (Lipinski definition) is 1. The largest absolute Gasteiger partial charge is 0.459 e. The molecule has 0 atom stereocenters. The second-order valence-electron chi connectivity index (χ2n) is 5.54. The van der Waals surface area contributed by atoms with Crippen molar-refractivity contribution >= 4 is 17.7 Å². The molecule has 3 heterocycles. The molecule has 1 aliphatic heterocycles. The molecule has 2 aromatic heterocycles. The van der Waals surface area contributed by atoms with Gasteiger partial charge < -0.3 is 20.0 Å². The molecule has 1 saturated heterocycles. The molecule has 7 heteroatoms. The van der Waals surface area contributed by atoms with Crippen molar-refractivity contribution in [2.24, 2.45) is 0 Å². The summed E-state index contributed by atoms with van der Waals surface area (Å²) < 4.78 is 5.21. The fourth-order valence-corrected chi connectivity index (χ4v) is 2.82. The van der Waals surface area contributed by atoms with Crippen LogP contribution in [0, 0.1) is 0 Å². The molecular formula is C16H21N5O2. The molecule has 0 bridgehead atoms. The number of hydrogen-bond acceptors (Lipinski definition) is 6. The summed E-state index contributed by atoms with van der Waals surface area (Å²) in [6.45, 7) is 4.97. The van der Waals surface area contributed by atoms with Gasteiger partial charge in [0.05, 0.1) is 6.26 Å². The molecule has 23 heavy (non-hydrogen) atoms. The molecule has 2 N–H and O–H groups in total. The molecule has 0 radical (unpaired) electrons. The van der Waals surface area contributed by atoms with Crippen LogP contribution in [0.4, 0.5) is 11.8 Å². The van der Waals surface area contributed by atoms with Gasteiger partial charge in [-0.15, -0.1) is 0 Å². The number of anilines is 2. The molecule has 122 valence electrons. The first kappa shape index (κ1) is 15.3. The first-order chi connectivity index (χ1) is 11.2. The van der Waals surface area contributed by atoms with Crippen molar-refractivity contribution in [3.8, 4) is 0 Å². The molecule has 0 aliphatic carbocycles. The highest BCUT2D eigenvalue weighted by molar-refractivity contribution is 5.91. The van der Waals surface area contributed by atoms with Gasteiger partial charge in [-0.05, 0) is 25.0 Å². The van der Waals surface area contributed by atoms with E-state index < -0.39 is 0 Å². The third kappa shape index (κ3) is 3.28. The quantitative estimate of drug-likeness (QED) is 0.925. The minimum absolute atomic E-state index is 0.0604. The SMILES string of the molecule is CCc1cnc(N)nc1N1CCCN(C(=O)c2ccco2)CC1. The van der Waals surface area contributed by atoms with E-state index in [-0.39, 0.29) is 11.9 Å². The Morgan fingerprint density at radius 3 is 2.96 bits per heavy atom. The maximum atomic E-state index is 12.4. The average molecular weight is 315 g/mol. The molecule has 0 aromatic carbocycles. The van der Waals surface area contributed by atoms with Gasteiger partial charge in [-0.25, -0.2) is 4.98 Å². The van der Waals surface area contributed by atoms with Crippen LogP contribution in [-0.2, 0) is 6.42 Å². The van der Waals surface area contributed by atoms with Crippen LogP contribution in [0.1, 0.15) is 29.5 Å². The molecule has 1 amide bonds. The van der Waals surface area contributed by atoms with Gasteiger partial charge >= 0.3 is 0 Å². The molecule has 7 nitrogen and oxygen atoms in total. The Labute approximate surface area is 135 Å². The first-order valence-electron chi connectivity index (χ1n) is 7.88. The molecular weight excluding hydrogens is 294 g/mol. The van der Waals surface area contributed by atoms with Crippen molar-refractivity contribution in [3.63, 3.8) is 0 Å². The number of furan rings is 1. The van der Waals surface area contributed by atoms with Crippen LogP contribution in [0.2, 0.25) is 0 Å². The van der Waals surface area contributed by atoms with Gasteiger partial charge in [-0.1, -0.05) is 6.92 Å². The number of aromatic nitrogens is 2. The fraction of sp³-hybridized carbons (Fsp3) is 0.438. The van der Waals surface area contributed by atoms with Gasteiger partial charge in [0.15, 0.2) is 5.76 Å². The zero-order valence-corrected chi connectivity index (χ0v) is 13.2. The minimum Gasteiger partial charge on any atom is -0.459 e. The maximum absolute atomic E-state index is 12.4. The van der Waals surface area contributed by atoms with E-state index in [1.54, 1.807) is 18.3 Å². The topological polar surface area (TPSA) is 88.5 Å². The number of nitrogens with two attached hydrogens (primary N) is 1. The molecule has 0 spiro atoms. The zero-order chi connectivity index (χ0) is 16.2. The predicted octanol–water partition coefficient (Wildman–Crippen LogP) is 1.57. The van der Waals surface area contributed by atoms with E-state index in [0.29, 0.717) is 18.8 Å². The number of amides is 1. The second-order valence-corrected chi connectivity index (χ2v) is 5.54. The van der Waals surface area contributed by atoms with Crippen molar-refractivity contribution in [3.05, 3.63) is 35.9 Å². The Bertz CT molecular complexity index is 671. The van der Waals surface area contributed by atoms with Crippen LogP contribution in [-0.4, -0.2) is 47.0 Å². The summed E-state index contributed by atoms with van der Waals surface area (Å²) in [5.41, 5.74) is 6.82.